The Kier molecular flexibility index (Phi) is 4.97. The van der Waals surface area contributed by atoms with E-state index >= 15 is 0 Å². The van der Waals surface area contributed by atoms with E-state index in [4.69, 9.17) is 23.2 Å². The van der Waals surface area contributed by atoms with E-state index in [1.54, 1.807) is 55.5 Å². The van der Waals surface area contributed by atoms with Gasteiger partial charge in [-0.2, -0.15) is 0 Å². The number of carbonyl (C=O) groups excluding carboxylic acids is 2. The van der Waals surface area contributed by atoms with E-state index in [0.717, 1.165) is 0 Å². The van der Waals surface area contributed by atoms with Crippen molar-refractivity contribution in [2.45, 2.75) is 13.0 Å². The second kappa shape index (κ2) is 7.17. The number of hydrogen-bond acceptors (Lipinski definition) is 2. The van der Waals surface area contributed by atoms with Gasteiger partial charge in [0.1, 0.15) is 0 Å². The first kappa shape index (κ1) is 17.3. The van der Waals surface area contributed by atoms with Crippen molar-refractivity contribution in [1.29, 1.82) is 0 Å². The molecule has 0 spiro atoms. The molecule has 0 aliphatic carbocycles. The van der Waals surface area contributed by atoms with Crippen LogP contribution in [0.4, 0.5) is 10.5 Å². The lowest BCUT2D eigenvalue weighted by molar-refractivity contribution is -0.113. The van der Waals surface area contributed by atoms with Crippen LogP contribution in [0.2, 0.25) is 10.0 Å². The zero-order valence-electron chi connectivity index (χ0n) is 13.3. The molecule has 1 heterocycles. The highest BCUT2D eigenvalue weighted by Crippen LogP contribution is 2.32. The van der Waals surface area contributed by atoms with Gasteiger partial charge in [-0.1, -0.05) is 53.5 Å². The molecule has 128 valence electrons. The van der Waals surface area contributed by atoms with Crippen LogP contribution in [0.15, 0.2) is 59.8 Å². The first-order valence-corrected chi connectivity index (χ1v) is 8.31. The number of carbonyl (C=O) groups is 2. The number of nitrogens with one attached hydrogen (secondary N) is 3. The number of rotatable bonds is 3. The quantitative estimate of drug-likeness (QED) is 0.749. The highest BCUT2D eigenvalue weighted by Gasteiger charge is 2.32. The molecule has 0 saturated heterocycles. The molecule has 3 amide bonds. The monoisotopic (exact) mass is 375 g/mol. The number of benzene rings is 2. The van der Waals surface area contributed by atoms with Gasteiger partial charge >= 0.3 is 6.03 Å². The van der Waals surface area contributed by atoms with E-state index in [1.165, 1.54) is 0 Å². The number of amides is 3. The molecule has 1 aliphatic heterocycles. The molecule has 2 aromatic rings. The molecule has 3 N–H and O–H groups in total. The Morgan fingerprint density at radius 1 is 1.04 bits per heavy atom. The van der Waals surface area contributed by atoms with Crippen molar-refractivity contribution in [3.8, 4) is 0 Å². The summed E-state index contributed by atoms with van der Waals surface area (Å²) in [5, 5.41) is 9.04. The van der Waals surface area contributed by atoms with Crippen LogP contribution in [0.1, 0.15) is 18.5 Å². The standard InChI is InChI=1S/C18H15Cl2N3O2/c1-10-15(17(24)22-14-9-5-4-8-13(14)20)16(23-18(25)21-10)11-6-2-3-7-12(11)19/h2-9,16H,1H3,(H,22,24)(H2,21,23,25)/t16-/m1/s1. The van der Waals surface area contributed by atoms with Crippen molar-refractivity contribution >= 4 is 40.8 Å². The normalized spacial score (nSPS) is 16.9. The van der Waals surface area contributed by atoms with Gasteiger partial charge in [0.15, 0.2) is 0 Å². The summed E-state index contributed by atoms with van der Waals surface area (Å²) in [6.45, 7) is 1.67. The predicted molar refractivity (Wildman–Crippen MR) is 98.6 cm³/mol. The molecule has 0 bridgehead atoms. The first-order chi connectivity index (χ1) is 12.0. The van der Waals surface area contributed by atoms with Crippen molar-refractivity contribution in [2.75, 3.05) is 5.32 Å². The van der Waals surface area contributed by atoms with Crippen molar-refractivity contribution in [3.63, 3.8) is 0 Å². The molecule has 2 aromatic carbocycles. The van der Waals surface area contributed by atoms with Gasteiger partial charge < -0.3 is 16.0 Å². The summed E-state index contributed by atoms with van der Waals surface area (Å²) >= 11 is 12.4. The molecule has 1 aliphatic rings. The summed E-state index contributed by atoms with van der Waals surface area (Å²) in [4.78, 5) is 24.8. The molecule has 0 unspecified atom stereocenters. The largest absolute Gasteiger partial charge is 0.327 e. The highest BCUT2D eigenvalue weighted by atomic mass is 35.5. The Balaban J connectivity index is 1.99. The minimum absolute atomic E-state index is 0.368. The van der Waals surface area contributed by atoms with Crippen LogP contribution in [0, 0.1) is 0 Å². The molecular formula is C18H15Cl2N3O2. The maximum Gasteiger partial charge on any atom is 0.319 e. The molecule has 0 aromatic heterocycles. The number of allylic oxidation sites excluding steroid dienone is 1. The molecular weight excluding hydrogens is 361 g/mol. The number of hydrogen-bond donors (Lipinski definition) is 3. The number of anilines is 1. The lowest BCUT2D eigenvalue weighted by Gasteiger charge is -2.29. The third-order valence-electron chi connectivity index (χ3n) is 3.85. The average Bonchev–Trinajstić information content (AvgIpc) is 2.56. The third-order valence-corrected chi connectivity index (χ3v) is 4.53. The van der Waals surface area contributed by atoms with Gasteiger partial charge in [0, 0.05) is 10.7 Å². The summed E-state index contributed by atoms with van der Waals surface area (Å²) in [6.07, 6.45) is 0. The lowest BCUT2D eigenvalue weighted by atomic mass is 9.94. The van der Waals surface area contributed by atoms with Crippen LogP contribution < -0.4 is 16.0 Å². The van der Waals surface area contributed by atoms with Crippen LogP contribution in [-0.2, 0) is 4.79 Å². The van der Waals surface area contributed by atoms with E-state index < -0.39 is 12.1 Å². The van der Waals surface area contributed by atoms with Crippen LogP contribution >= 0.6 is 23.2 Å². The van der Waals surface area contributed by atoms with Crippen LogP contribution in [0.5, 0.6) is 0 Å². The maximum atomic E-state index is 12.9. The molecule has 5 nitrogen and oxygen atoms in total. The number of para-hydroxylation sites is 1. The summed E-state index contributed by atoms with van der Waals surface area (Å²) in [7, 11) is 0. The van der Waals surface area contributed by atoms with E-state index in [1.807, 2.05) is 0 Å². The molecule has 25 heavy (non-hydrogen) atoms. The van der Waals surface area contributed by atoms with Crippen LogP contribution in [-0.4, -0.2) is 11.9 Å². The third kappa shape index (κ3) is 3.62. The van der Waals surface area contributed by atoms with Crippen molar-refractivity contribution < 1.29 is 9.59 Å². The smallest absolute Gasteiger partial charge is 0.319 e. The Morgan fingerprint density at radius 3 is 2.36 bits per heavy atom. The summed E-state index contributed by atoms with van der Waals surface area (Å²) < 4.78 is 0. The molecule has 0 radical (unpaired) electrons. The van der Waals surface area contributed by atoms with Crippen molar-refractivity contribution in [3.05, 3.63) is 75.4 Å². The van der Waals surface area contributed by atoms with Gasteiger partial charge in [-0.05, 0) is 30.7 Å². The zero-order valence-corrected chi connectivity index (χ0v) is 14.8. The topological polar surface area (TPSA) is 70.2 Å². The van der Waals surface area contributed by atoms with Gasteiger partial charge in [0.25, 0.3) is 5.91 Å². The van der Waals surface area contributed by atoms with Crippen LogP contribution in [0.3, 0.4) is 0 Å². The van der Waals surface area contributed by atoms with E-state index in [9.17, 15) is 9.59 Å². The predicted octanol–water partition coefficient (Wildman–Crippen LogP) is 4.26. The fraction of sp³-hybridized carbons (Fsp3) is 0.111. The van der Waals surface area contributed by atoms with Crippen molar-refractivity contribution in [1.82, 2.24) is 10.6 Å². The highest BCUT2D eigenvalue weighted by molar-refractivity contribution is 6.34. The molecule has 3 rings (SSSR count). The fourth-order valence-electron chi connectivity index (χ4n) is 2.69. The van der Waals surface area contributed by atoms with Gasteiger partial charge in [0.2, 0.25) is 0 Å². The summed E-state index contributed by atoms with van der Waals surface area (Å²) in [5.41, 5.74) is 1.96. The number of urea groups is 1. The maximum absolute atomic E-state index is 12.9. The minimum Gasteiger partial charge on any atom is -0.327 e. The molecule has 0 fully saturated rings. The second-order valence-corrected chi connectivity index (χ2v) is 6.34. The Labute approximate surface area is 155 Å². The molecule has 7 heteroatoms. The Hall–Kier alpha value is -2.50. The summed E-state index contributed by atoms with van der Waals surface area (Å²) in [5.74, 6) is -0.372. The minimum atomic E-state index is -0.662. The average molecular weight is 376 g/mol. The zero-order chi connectivity index (χ0) is 18.0. The fourth-order valence-corrected chi connectivity index (χ4v) is 3.12. The van der Waals surface area contributed by atoms with Gasteiger partial charge in [-0.25, -0.2) is 4.79 Å². The number of halogens is 2. The van der Waals surface area contributed by atoms with E-state index in [-0.39, 0.29) is 5.91 Å². The Morgan fingerprint density at radius 2 is 1.68 bits per heavy atom. The van der Waals surface area contributed by atoms with Gasteiger partial charge in [0.05, 0.1) is 22.3 Å². The molecule has 0 saturated carbocycles. The van der Waals surface area contributed by atoms with Gasteiger partial charge in [-0.3, -0.25) is 4.79 Å². The van der Waals surface area contributed by atoms with Crippen molar-refractivity contribution in [2.24, 2.45) is 0 Å². The Bertz CT molecular complexity index is 880. The van der Waals surface area contributed by atoms with Gasteiger partial charge in [-0.15, -0.1) is 0 Å². The second-order valence-electron chi connectivity index (χ2n) is 5.53. The lowest BCUT2D eigenvalue weighted by Crippen LogP contribution is -2.46. The SMILES string of the molecule is CC1=C(C(=O)Nc2ccccc2Cl)[C@@H](c2ccccc2Cl)NC(=O)N1. The van der Waals surface area contributed by atoms with Crippen LogP contribution in [0.25, 0.3) is 0 Å². The molecule has 1 atom stereocenters. The van der Waals surface area contributed by atoms with E-state index in [2.05, 4.69) is 16.0 Å². The summed E-state index contributed by atoms with van der Waals surface area (Å²) in [6, 6.07) is 13.0. The van der Waals surface area contributed by atoms with E-state index in [0.29, 0.717) is 32.6 Å². The first-order valence-electron chi connectivity index (χ1n) is 7.56.